The fraction of sp³-hybridized carbons (Fsp3) is 0.368. The van der Waals surface area contributed by atoms with Gasteiger partial charge in [-0.1, -0.05) is 23.7 Å². The molecule has 1 unspecified atom stereocenters. The molecule has 0 bridgehead atoms. The van der Waals surface area contributed by atoms with Crippen LogP contribution in [0.4, 0.5) is 5.82 Å². The van der Waals surface area contributed by atoms with Gasteiger partial charge in [0.1, 0.15) is 11.6 Å². The summed E-state index contributed by atoms with van der Waals surface area (Å²) >= 11 is 5.91. The summed E-state index contributed by atoms with van der Waals surface area (Å²) in [5.41, 5.74) is 0.124. The quantitative estimate of drug-likeness (QED) is 0.881. The standard InChI is InChI=1S/C19H21ClN2O3/c1-25-16-5-2-4-14(10-16)11-19(18(23)24)8-3-9-22(13-19)17-7-6-15(20)12-21-17/h2,4-7,10,12H,3,8-9,11,13H2,1H3,(H,23,24). The zero-order chi connectivity index (χ0) is 17.9. The highest BCUT2D eigenvalue weighted by Gasteiger charge is 2.42. The molecule has 25 heavy (non-hydrogen) atoms. The van der Waals surface area contributed by atoms with Crippen LogP contribution in [0.25, 0.3) is 0 Å². The highest BCUT2D eigenvalue weighted by molar-refractivity contribution is 6.30. The largest absolute Gasteiger partial charge is 0.497 e. The molecule has 0 amide bonds. The van der Waals surface area contributed by atoms with Gasteiger partial charge in [-0.3, -0.25) is 4.79 Å². The van der Waals surface area contributed by atoms with Gasteiger partial charge < -0.3 is 14.7 Å². The summed E-state index contributed by atoms with van der Waals surface area (Å²) in [6, 6.07) is 11.2. The Balaban J connectivity index is 1.86. The van der Waals surface area contributed by atoms with Crippen LogP contribution in [0.5, 0.6) is 5.75 Å². The van der Waals surface area contributed by atoms with Crippen LogP contribution in [0.2, 0.25) is 5.02 Å². The van der Waals surface area contributed by atoms with E-state index in [1.165, 1.54) is 0 Å². The van der Waals surface area contributed by atoms with E-state index in [0.717, 1.165) is 30.1 Å². The van der Waals surface area contributed by atoms with Crippen LogP contribution in [-0.2, 0) is 11.2 Å². The van der Waals surface area contributed by atoms with Gasteiger partial charge in [0.25, 0.3) is 0 Å². The van der Waals surface area contributed by atoms with Crippen molar-refractivity contribution in [3.05, 3.63) is 53.2 Å². The zero-order valence-corrected chi connectivity index (χ0v) is 14.9. The minimum Gasteiger partial charge on any atom is -0.497 e. The van der Waals surface area contributed by atoms with Gasteiger partial charge in [-0.2, -0.15) is 0 Å². The van der Waals surface area contributed by atoms with Gasteiger partial charge >= 0.3 is 5.97 Å². The number of carboxylic acid groups (broad SMARTS) is 1. The van der Waals surface area contributed by atoms with E-state index < -0.39 is 11.4 Å². The molecule has 3 rings (SSSR count). The smallest absolute Gasteiger partial charge is 0.311 e. The molecule has 1 N–H and O–H groups in total. The molecule has 0 radical (unpaired) electrons. The molecule has 2 aromatic rings. The van der Waals surface area contributed by atoms with Gasteiger partial charge in [0.05, 0.1) is 17.5 Å². The Hall–Kier alpha value is -2.27. The van der Waals surface area contributed by atoms with Gasteiger partial charge in [0.2, 0.25) is 0 Å². The van der Waals surface area contributed by atoms with Crippen LogP contribution >= 0.6 is 11.6 Å². The summed E-state index contributed by atoms with van der Waals surface area (Å²) in [4.78, 5) is 18.5. The lowest BCUT2D eigenvalue weighted by Crippen LogP contribution is -2.49. The van der Waals surface area contributed by atoms with Crippen molar-refractivity contribution in [1.82, 2.24) is 4.98 Å². The third kappa shape index (κ3) is 3.87. The van der Waals surface area contributed by atoms with Crippen molar-refractivity contribution in [1.29, 1.82) is 0 Å². The molecule has 5 nitrogen and oxygen atoms in total. The molecule has 1 aromatic carbocycles. The van der Waals surface area contributed by atoms with Crippen molar-refractivity contribution < 1.29 is 14.6 Å². The maximum Gasteiger partial charge on any atom is 0.311 e. The van der Waals surface area contributed by atoms with Crippen LogP contribution in [0.1, 0.15) is 18.4 Å². The Morgan fingerprint density at radius 3 is 2.92 bits per heavy atom. The first kappa shape index (κ1) is 17.5. The molecule has 1 aromatic heterocycles. The number of rotatable bonds is 5. The minimum atomic E-state index is -0.841. The topological polar surface area (TPSA) is 62.7 Å². The summed E-state index contributed by atoms with van der Waals surface area (Å²) < 4.78 is 5.26. The fourth-order valence-corrected chi connectivity index (χ4v) is 3.56. The highest BCUT2D eigenvalue weighted by Crippen LogP contribution is 2.36. The number of hydrogen-bond acceptors (Lipinski definition) is 4. The van der Waals surface area contributed by atoms with Gasteiger partial charge in [0.15, 0.2) is 0 Å². The Labute approximate surface area is 152 Å². The number of pyridine rings is 1. The van der Waals surface area contributed by atoms with Crippen molar-refractivity contribution in [2.24, 2.45) is 5.41 Å². The maximum atomic E-state index is 12.2. The molecule has 2 heterocycles. The van der Waals surface area contributed by atoms with Gasteiger partial charge in [-0.05, 0) is 49.1 Å². The van der Waals surface area contributed by atoms with Crippen molar-refractivity contribution in [3.63, 3.8) is 0 Å². The monoisotopic (exact) mass is 360 g/mol. The highest BCUT2D eigenvalue weighted by atomic mass is 35.5. The fourth-order valence-electron chi connectivity index (χ4n) is 3.45. The lowest BCUT2D eigenvalue weighted by Gasteiger charge is -2.40. The van der Waals surface area contributed by atoms with E-state index in [1.807, 2.05) is 35.2 Å². The SMILES string of the molecule is COc1cccc(CC2(C(=O)O)CCCN(c3ccc(Cl)cn3)C2)c1. The van der Waals surface area contributed by atoms with Gasteiger partial charge in [0, 0.05) is 19.3 Å². The first-order valence-electron chi connectivity index (χ1n) is 8.25. The van der Waals surface area contributed by atoms with Crippen LogP contribution < -0.4 is 9.64 Å². The molecule has 1 aliphatic rings. The molecule has 1 aliphatic heterocycles. The number of ether oxygens (including phenoxy) is 1. The molecule has 132 valence electrons. The Morgan fingerprint density at radius 1 is 1.40 bits per heavy atom. The van der Waals surface area contributed by atoms with Crippen molar-refractivity contribution in [3.8, 4) is 5.75 Å². The molecular weight excluding hydrogens is 340 g/mol. The number of methoxy groups -OCH3 is 1. The van der Waals surface area contributed by atoms with E-state index >= 15 is 0 Å². The zero-order valence-electron chi connectivity index (χ0n) is 14.1. The molecule has 1 fully saturated rings. The molecule has 1 atom stereocenters. The predicted octanol–water partition coefficient (Wildman–Crippen LogP) is 3.66. The van der Waals surface area contributed by atoms with E-state index in [4.69, 9.17) is 16.3 Å². The van der Waals surface area contributed by atoms with E-state index in [2.05, 4.69) is 4.98 Å². The molecular formula is C19H21ClN2O3. The summed E-state index contributed by atoms with van der Waals surface area (Å²) in [5.74, 6) is 0.736. The number of carbonyl (C=O) groups is 1. The normalized spacial score (nSPS) is 20.3. The van der Waals surface area contributed by atoms with E-state index in [9.17, 15) is 9.90 Å². The Morgan fingerprint density at radius 2 is 2.24 bits per heavy atom. The predicted molar refractivity (Wildman–Crippen MR) is 97.5 cm³/mol. The third-order valence-corrected chi connectivity index (χ3v) is 4.97. The van der Waals surface area contributed by atoms with Crippen molar-refractivity contribution in [2.75, 3.05) is 25.1 Å². The number of piperidine rings is 1. The van der Waals surface area contributed by atoms with Crippen LogP contribution in [0.15, 0.2) is 42.6 Å². The van der Waals surface area contributed by atoms with Gasteiger partial charge in [-0.15, -0.1) is 0 Å². The molecule has 6 heteroatoms. The Bertz CT molecular complexity index is 751. The van der Waals surface area contributed by atoms with E-state index in [-0.39, 0.29) is 0 Å². The second-order valence-electron chi connectivity index (χ2n) is 6.47. The number of benzene rings is 1. The second-order valence-corrected chi connectivity index (χ2v) is 6.91. The first-order valence-corrected chi connectivity index (χ1v) is 8.63. The van der Waals surface area contributed by atoms with E-state index in [0.29, 0.717) is 24.4 Å². The number of aromatic nitrogens is 1. The molecule has 0 aliphatic carbocycles. The number of anilines is 1. The molecule has 1 saturated heterocycles. The summed E-state index contributed by atoms with van der Waals surface area (Å²) in [7, 11) is 1.61. The summed E-state index contributed by atoms with van der Waals surface area (Å²) in [5, 5.41) is 10.6. The average Bonchev–Trinajstić information content (AvgIpc) is 2.62. The number of hydrogen-bond donors (Lipinski definition) is 1. The number of nitrogens with zero attached hydrogens (tertiary/aromatic N) is 2. The van der Waals surface area contributed by atoms with Crippen molar-refractivity contribution in [2.45, 2.75) is 19.3 Å². The van der Waals surface area contributed by atoms with Gasteiger partial charge in [-0.25, -0.2) is 4.98 Å². The molecule has 0 saturated carbocycles. The second kappa shape index (κ2) is 7.31. The van der Waals surface area contributed by atoms with Crippen LogP contribution in [0.3, 0.4) is 0 Å². The molecule has 0 spiro atoms. The third-order valence-electron chi connectivity index (χ3n) is 4.74. The van der Waals surface area contributed by atoms with Crippen LogP contribution in [-0.4, -0.2) is 36.3 Å². The maximum absolute atomic E-state index is 12.2. The van der Waals surface area contributed by atoms with E-state index in [1.54, 1.807) is 19.4 Å². The lowest BCUT2D eigenvalue weighted by atomic mass is 9.75. The number of aliphatic carboxylic acids is 1. The summed E-state index contributed by atoms with van der Waals surface area (Å²) in [6.45, 7) is 1.22. The number of carboxylic acids is 1. The Kier molecular flexibility index (Phi) is 5.13. The average molecular weight is 361 g/mol. The first-order chi connectivity index (χ1) is 12.0. The lowest BCUT2D eigenvalue weighted by molar-refractivity contribution is -0.149. The van der Waals surface area contributed by atoms with Crippen molar-refractivity contribution >= 4 is 23.4 Å². The summed E-state index contributed by atoms with van der Waals surface area (Å²) in [6.07, 6.45) is 3.50. The van der Waals surface area contributed by atoms with Crippen LogP contribution in [0, 0.1) is 5.41 Å². The minimum absolute atomic E-state index is 0.425. The number of halogens is 1.